The van der Waals surface area contributed by atoms with E-state index in [9.17, 15) is 5.11 Å². The van der Waals surface area contributed by atoms with Gasteiger partial charge in [-0.25, -0.2) is 0 Å². The molecule has 0 fully saturated rings. The summed E-state index contributed by atoms with van der Waals surface area (Å²) in [6.07, 6.45) is -0.854. The van der Waals surface area contributed by atoms with Crippen LogP contribution >= 0.6 is 23.2 Å². The van der Waals surface area contributed by atoms with Crippen LogP contribution in [0.1, 0.15) is 24.2 Å². The minimum absolute atomic E-state index is 0.573. The SMILES string of the molecule is C[C@@](N)(c1ccc(Cl)cc1)[C@H](O)c1cccc(Cl)c1. The average Bonchev–Trinajstić information content (AvgIpc) is 2.38. The fourth-order valence-corrected chi connectivity index (χ4v) is 2.31. The lowest BCUT2D eigenvalue weighted by molar-refractivity contribution is 0.0932. The Labute approximate surface area is 122 Å². The van der Waals surface area contributed by atoms with Gasteiger partial charge in [0.2, 0.25) is 0 Å². The van der Waals surface area contributed by atoms with E-state index >= 15 is 0 Å². The molecule has 0 aliphatic carbocycles. The zero-order valence-corrected chi connectivity index (χ0v) is 12.0. The molecular formula is C15H15Cl2NO. The van der Waals surface area contributed by atoms with Crippen molar-refractivity contribution in [2.75, 3.05) is 0 Å². The first kappa shape index (κ1) is 14.4. The van der Waals surface area contributed by atoms with Crippen LogP contribution in [0.5, 0.6) is 0 Å². The summed E-state index contributed by atoms with van der Waals surface area (Å²) in [5, 5.41) is 11.7. The molecule has 0 aliphatic heterocycles. The summed E-state index contributed by atoms with van der Waals surface area (Å²) in [5.41, 5.74) is 6.85. The minimum atomic E-state index is -0.921. The molecule has 0 amide bonds. The van der Waals surface area contributed by atoms with E-state index in [1.807, 2.05) is 12.1 Å². The van der Waals surface area contributed by atoms with Crippen molar-refractivity contribution in [1.82, 2.24) is 0 Å². The minimum Gasteiger partial charge on any atom is -0.386 e. The summed E-state index contributed by atoms with van der Waals surface area (Å²) in [6.45, 7) is 1.78. The van der Waals surface area contributed by atoms with Crippen molar-refractivity contribution >= 4 is 23.2 Å². The van der Waals surface area contributed by atoms with Crippen LogP contribution in [0.2, 0.25) is 10.0 Å². The van der Waals surface area contributed by atoms with Gasteiger partial charge in [0.15, 0.2) is 0 Å². The molecule has 2 nitrogen and oxygen atoms in total. The van der Waals surface area contributed by atoms with Gasteiger partial charge in [0.25, 0.3) is 0 Å². The molecular weight excluding hydrogens is 281 g/mol. The second-order valence-corrected chi connectivity index (χ2v) is 5.62. The highest BCUT2D eigenvalue weighted by Gasteiger charge is 2.31. The van der Waals surface area contributed by atoms with Crippen molar-refractivity contribution in [2.24, 2.45) is 5.73 Å². The maximum Gasteiger partial charge on any atom is 0.101 e. The Bertz CT molecular complexity index is 567. The first-order chi connectivity index (χ1) is 8.91. The van der Waals surface area contributed by atoms with Gasteiger partial charge in [0.05, 0.1) is 5.54 Å². The summed E-state index contributed by atoms with van der Waals surface area (Å²) in [7, 11) is 0. The number of halogens is 2. The summed E-state index contributed by atoms with van der Waals surface area (Å²) < 4.78 is 0. The zero-order chi connectivity index (χ0) is 14.0. The van der Waals surface area contributed by atoms with Crippen LogP contribution in [-0.4, -0.2) is 5.11 Å². The fourth-order valence-electron chi connectivity index (χ4n) is 1.99. The number of hydrogen-bond donors (Lipinski definition) is 2. The van der Waals surface area contributed by atoms with Crippen LogP contribution in [0.3, 0.4) is 0 Å². The third kappa shape index (κ3) is 3.10. The summed E-state index contributed by atoms with van der Waals surface area (Å²) in [4.78, 5) is 0. The lowest BCUT2D eigenvalue weighted by Gasteiger charge is -2.31. The Kier molecular flexibility index (Phi) is 4.16. The van der Waals surface area contributed by atoms with Crippen LogP contribution in [0.4, 0.5) is 0 Å². The highest BCUT2D eigenvalue weighted by Crippen LogP contribution is 2.33. The molecule has 100 valence electrons. The van der Waals surface area contributed by atoms with Crippen molar-refractivity contribution in [2.45, 2.75) is 18.6 Å². The molecule has 19 heavy (non-hydrogen) atoms. The van der Waals surface area contributed by atoms with E-state index < -0.39 is 11.6 Å². The highest BCUT2D eigenvalue weighted by molar-refractivity contribution is 6.30. The number of rotatable bonds is 3. The van der Waals surface area contributed by atoms with E-state index in [2.05, 4.69) is 0 Å². The standard InChI is InChI=1S/C15H15Cl2NO/c1-15(18,11-5-7-12(16)8-6-11)14(19)10-3-2-4-13(17)9-10/h2-9,14,19H,18H2,1H3/t14-,15-/m1/s1. The van der Waals surface area contributed by atoms with Gasteiger partial charge in [-0.1, -0.05) is 47.5 Å². The molecule has 0 aromatic heterocycles. The summed E-state index contributed by atoms with van der Waals surface area (Å²) in [6, 6.07) is 14.2. The van der Waals surface area contributed by atoms with Crippen molar-refractivity contribution in [3.05, 3.63) is 69.7 Å². The number of aliphatic hydroxyl groups excluding tert-OH is 1. The monoisotopic (exact) mass is 295 g/mol. The summed E-state index contributed by atoms with van der Waals surface area (Å²) in [5.74, 6) is 0. The molecule has 3 N–H and O–H groups in total. The third-order valence-corrected chi connectivity index (χ3v) is 3.69. The zero-order valence-electron chi connectivity index (χ0n) is 10.5. The van der Waals surface area contributed by atoms with Crippen LogP contribution in [0.25, 0.3) is 0 Å². The molecule has 2 aromatic carbocycles. The van der Waals surface area contributed by atoms with Crippen LogP contribution < -0.4 is 5.73 Å². The molecule has 0 heterocycles. The fraction of sp³-hybridized carbons (Fsp3) is 0.200. The Morgan fingerprint density at radius 1 is 1.05 bits per heavy atom. The third-order valence-electron chi connectivity index (χ3n) is 3.20. The van der Waals surface area contributed by atoms with Gasteiger partial charge in [0.1, 0.15) is 6.10 Å². The molecule has 2 atom stereocenters. The first-order valence-electron chi connectivity index (χ1n) is 5.89. The molecule has 4 heteroatoms. The molecule has 0 saturated heterocycles. The molecule has 0 bridgehead atoms. The Balaban J connectivity index is 2.35. The van der Waals surface area contributed by atoms with Crippen LogP contribution in [0, 0.1) is 0 Å². The number of aliphatic hydroxyl groups is 1. The molecule has 2 aromatic rings. The van der Waals surface area contributed by atoms with Gasteiger partial charge < -0.3 is 10.8 Å². The molecule has 0 spiro atoms. The molecule has 0 unspecified atom stereocenters. The van der Waals surface area contributed by atoms with Gasteiger partial charge in [0, 0.05) is 10.0 Å². The number of hydrogen-bond acceptors (Lipinski definition) is 2. The average molecular weight is 296 g/mol. The van der Waals surface area contributed by atoms with Crippen molar-refractivity contribution in [3.8, 4) is 0 Å². The lowest BCUT2D eigenvalue weighted by atomic mass is 9.84. The normalized spacial score (nSPS) is 15.8. The van der Waals surface area contributed by atoms with Gasteiger partial charge in [-0.2, -0.15) is 0 Å². The van der Waals surface area contributed by atoms with Gasteiger partial charge in [-0.05, 0) is 42.3 Å². The Hall–Kier alpha value is -1.06. The maximum absolute atomic E-state index is 10.5. The summed E-state index contributed by atoms with van der Waals surface area (Å²) >= 11 is 11.8. The second kappa shape index (κ2) is 5.51. The number of benzene rings is 2. The topological polar surface area (TPSA) is 46.2 Å². The maximum atomic E-state index is 10.5. The van der Waals surface area contributed by atoms with Gasteiger partial charge in [-0.15, -0.1) is 0 Å². The predicted molar refractivity (Wildman–Crippen MR) is 79.4 cm³/mol. The predicted octanol–water partition coefficient (Wildman–Crippen LogP) is 3.90. The Morgan fingerprint density at radius 3 is 2.26 bits per heavy atom. The van der Waals surface area contributed by atoms with Crippen LogP contribution in [-0.2, 0) is 5.54 Å². The van der Waals surface area contributed by atoms with E-state index in [-0.39, 0.29) is 0 Å². The quantitative estimate of drug-likeness (QED) is 0.902. The van der Waals surface area contributed by atoms with Crippen molar-refractivity contribution in [3.63, 3.8) is 0 Å². The van der Waals surface area contributed by atoms with Gasteiger partial charge in [-0.3, -0.25) is 0 Å². The molecule has 0 radical (unpaired) electrons. The van der Waals surface area contributed by atoms with E-state index in [1.54, 1.807) is 43.3 Å². The lowest BCUT2D eigenvalue weighted by Crippen LogP contribution is -2.39. The molecule has 0 saturated carbocycles. The first-order valence-corrected chi connectivity index (χ1v) is 6.65. The largest absolute Gasteiger partial charge is 0.386 e. The number of nitrogens with two attached hydrogens (primary N) is 1. The van der Waals surface area contributed by atoms with Crippen molar-refractivity contribution in [1.29, 1.82) is 0 Å². The van der Waals surface area contributed by atoms with Gasteiger partial charge >= 0.3 is 0 Å². The van der Waals surface area contributed by atoms with E-state index in [1.165, 1.54) is 0 Å². The van der Waals surface area contributed by atoms with Crippen molar-refractivity contribution < 1.29 is 5.11 Å². The van der Waals surface area contributed by atoms with E-state index in [0.717, 1.165) is 5.56 Å². The van der Waals surface area contributed by atoms with E-state index in [4.69, 9.17) is 28.9 Å². The smallest absolute Gasteiger partial charge is 0.101 e. The van der Waals surface area contributed by atoms with E-state index in [0.29, 0.717) is 15.6 Å². The molecule has 0 aliphatic rings. The molecule has 2 rings (SSSR count). The highest BCUT2D eigenvalue weighted by atomic mass is 35.5. The van der Waals surface area contributed by atoms with Crippen LogP contribution in [0.15, 0.2) is 48.5 Å². The second-order valence-electron chi connectivity index (χ2n) is 4.75. The Morgan fingerprint density at radius 2 is 1.68 bits per heavy atom.